The molecule has 6 rings (SSSR count). The summed E-state index contributed by atoms with van der Waals surface area (Å²) in [6.45, 7) is 6.48. The molecule has 9 atom stereocenters. The van der Waals surface area contributed by atoms with Gasteiger partial charge in [-0.1, -0.05) is 68.8 Å². The van der Waals surface area contributed by atoms with Gasteiger partial charge >= 0.3 is 0 Å². The van der Waals surface area contributed by atoms with Crippen LogP contribution in [0.2, 0.25) is 0 Å². The minimum atomic E-state index is -1.53. The molecule has 1 saturated carbocycles. The largest absolute Gasteiger partial charge is 0.391 e. The molecule has 7 N–H and O–H groups in total. The van der Waals surface area contributed by atoms with Gasteiger partial charge < -0.3 is 41.9 Å². The van der Waals surface area contributed by atoms with Gasteiger partial charge in [-0.3, -0.25) is 38.5 Å². The Morgan fingerprint density at radius 3 is 2.27 bits per heavy atom. The SMILES string of the molecule is CC(C)C[C@@H]1NC(=O)[C@@H]2CCC[C@H]2NC(=O)[C@H](C)NC(=O)C2C[C@@H](NC(=O)c3cnc4ccccc4c3)CN2C(=O)[C@H](Cc2ccccc2)NC(=O)[C@H]([C@@H](C)O)NC1=O. The highest BCUT2D eigenvalue weighted by atomic mass is 16.3. The first-order valence-corrected chi connectivity index (χ1v) is 20.4. The summed E-state index contributed by atoms with van der Waals surface area (Å²) in [7, 11) is 0. The topological polar surface area (TPSA) is 228 Å². The molecule has 1 aromatic heterocycles. The third-order valence-corrected chi connectivity index (χ3v) is 11.3. The van der Waals surface area contributed by atoms with Crippen molar-refractivity contribution in [3.8, 4) is 0 Å². The van der Waals surface area contributed by atoms with Gasteiger partial charge in [0.2, 0.25) is 35.4 Å². The Morgan fingerprint density at radius 2 is 1.54 bits per heavy atom. The van der Waals surface area contributed by atoms with Gasteiger partial charge in [0.05, 0.1) is 23.1 Å². The standard InChI is InChI=1S/C43H54N8O8/c1-23(2)17-33-40(56)50-36(25(4)52)42(58)49-34(18-26-11-6-5-7-12-26)43(59)51-22-29(46-38(54)28-19-27-13-8-9-15-31(27)44-21-28)20-35(51)41(57)45-24(3)37(53)47-32-16-10-14-30(32)39(55)48-33/h5-9,11-13,15,19,21,23-25,29-30,32-36,52H,10,14,16-18,20,22H2,1-4H3,(H,45,57)(H,46,54)(H,47,53)(H,48,55)(H,49,58)(H,50,56)/t24-,25+,29+,30+,32+,33-,34-,35?,36-/m0/s1. The molecular formula is C43H54N8O8. The van der Waals surface area contributed by atoms with Gasteiger partial charge in [0.25, 0.3) is 5.91 Å². The van der Waals surface area contributed by atoms with Crippen LogP contribution in [0.4, 0.5) is 0 Å². The van der Waals surface area contributed by atoms with Crippen LogP contribution in [0, 0.1) is 11.8 Å². The van der Waals surface area contributed by atoms with Crippen LogP contribution in [0.3, 0.4) is 0 Å². The third-order valence-electron chi connectivity index (χ3n) is 11.3. The molecule has 2 saturated heterocycles. The normalized spacial score (nSPS) is 27.9. The number of benzene rings is 2. The number of carbonyl (C=O) groups excluding carboxylic acids is 7. The molecule has 2 aromatic carbocycles. The van der Waals surface area contributed by atoms with Gasteiger partial charge in [-0.25, -0.2) is 0 Å². The van der Waals surface area contributed by atoms with Crippen LogP contribution in [0.15, 0.2) is 66.9 Å². The molecule has 3 heterocycles. The quantitative estimate of drug-likeness (QED) is 0.179. The number of pyridine rings is 1. The van der Waals surface area contributed by atoms with Crippen LogP contribution >= 0.6 is 0 Å². The molecule has 0 radical (unpaired) electrons. The van der Waals surface area contributed by atoms with Crippen molar-refractivity contribution in [2.45, 2.75) is 115 Å². The van der Waals surface area contributed by atoms with E-state index < -0.39 is 95.7 Å². The Morgan fingerprint density at radius 1 is 0.831 bits per heavy atom. The van der Waals surface area contributed by atoms with E-state index in [2.05, 4.69) is 36.9 Å². The minimum absolute atomic E-state index is 0.0147. The summed E-state index contributed by atoms with van der Waals surface area (Å²) in [6.07, 6.45) is 1.81. The van der Waals surface area contributed by atoms with Crippen molar-refractivity contribution in [1.82, 2.24) is 41.8 Å². The average Bonchev–Trinajstić information content (AvgIpc) is 3.86. The predicted molar refractivity (Wildman–Crippen MR) is 217 cm³/mol. The number of aliphatic hydroxyl groups is 1. The van der Waals surface area contributed by atoms with Crippen molar-refractivity contribution in [1.29, 1.82) is 0 Å². The molecule has 59 heavy (non-hydrogen) atoms. The zero-order valence-electron chi connectivity index (χ0n) is 33.8. The molecule has 314 valence electrons. The maximum Gasteiger partial charge on any atom is 0.253 e. The van der Waals surface area contributed by atoms with Crippen LogP contribution in [-0.4, -0.2) is 111 Å². The van der Waals surface area contributed by atoms with E-state index in [-0.39, 0.29) is 37.3 Å². The molecular weight excluding hydrogens is 757 g/mol. The molecule has 3 aliphatic rings. The Hall–Kier alpha value is -5.90. The summed E-state index contributed by atoms with van der Waals surface area (Å²) in [5, 5.41) is 28.4. The van der Waals surface area contributed by atoms with Crippen molar-refractivity contribution < 1.29 is 38.7 Å². The monoisotopic (exact) mass is 810 g/mol. The first-order valence-electron chi connectivity index (χ1n) is 20.4. The number of amides is 7. The first-order chi connectivity index (χ1) is 28.2. The van der Waals surface area contributed by atoms with E-state index in [1.54, 1.807) is 36.4 Å². The number of fused-ring (bicyclic) bond motifs is 3. The number of aliphatic hydroxyl groups excluding tert-OH is 1. The Bertz CT molecular complexity index is 2060. The van der Waals surface area contributed by atoms with Gasteiger partial charge in [0.1, 0.15) is 30.2 Å². The third kappa shape index (κ3) is 10.4. The molecule has 1 unspecified atom stereocenters. The lowest BCUT2D eigenvalue weighted by molar-refractivity contribution is -0.143. The van der Waals surface area contributed by atoms with Gasteiger partial charge in [-0.05, 0) is 63.1 Å². The highest BCUT2D eigenvalue weighted by Crippen LogP contribution is 2.27. The number of hydrogen-bond donors (Lipinski definition) is 7. The summed E-state index contributed by atoms with van der Waals surface area (Å²) in [6, 6.07) is 10.5. The van der Waals surface area contributed by atoms with Gasteiger partial charge in [0, 0.05) is 36.6 Å². The maximum absolute atomic E-state index is 14.8. The van der Waals surface area contributed by atoms with Crippen molar-refractivity contribution >= 4 is 52.3 Å². The fourth-order valence-corrected chi connectivity index (χ4v) is 8.18. The molecule has 1 aliphatic carbocycles. The maximum atomic E-state index is 14.8. The summed E-state index contributed by atoms with van der Waals surface area (Å²) >= 11 is 0. The predicted octanol–water partition coefficient (Wildman–Crippen LogP) is 0.861. The summed E-state index contributed by atoms with van der Waals surface area (Å²) in [4.78, 5) is 103. The lowest BCUT2D eigenvalue weighted by atomic mass is 9.98. The highest BCUT2D eigenvalue weighted by Gasteiger charge is 2.45. The summed E-state index contributed by atoms with van der Waals surface area (Å²) in [5.41, 5.74) is 1.66. The Kier molecular flexibility index (Phi) is 13.6. The molecule has 3 aromatic rings. The smallest absolute Gasteiger partial charge is 0.253 e. The van der Waals surface area contributed by atoms with E-state index in [0.29, 0.717) is 30.3 Å². The Balaban J connectivity index is 1.34. The zero-order chi connectivity index (χ0) is 42.4. The number of carbonyl (C=O) groups is 7. The molecule has 16 heteroatoms. The van der Waals surface area contributed by atoms with Gasteiger partial charge in [0.15, 0.2) is 0 Å². The number of nitrogens with one attached hydrogen (secondary N) is 6. The number of hydrogen-bond acceptors (Lipinski definition) is 9. The molecule has 7 amide bonds. The van der Waals surface area contributed by atoms with Gasteiger partial charge in [-0.2, -0.15) is 0 Å². The van der Waals surface area contributed by atoms with Crippen molar-refractivity contribution in [3.05, 3.63) is 78.0 Å². The van der Waals surface area contributed by atoms with E-state index in [9.17, 15) is 38.7 Å². The molecule has 0 spiro atoms. The Labute approximate surface area is 343 Å². The second-order valence-corrected chi connectivity index (χ2v) is 16.4. The van der Waals surface area contributed by atoms with Crippen molar-refractivity contribution in [2.75, 3.05) is 6.54 Å². The van der Waals surface area contributed by atoms with E-state index in [0.717, 1.165) is 5.39 Å². The molecule has 2 aliphatic heterocycles. The van der Waals surface area contributed by atoms with Crippen LogP contribution in [0.25, 0.3) is 10.9 Å². The minimum Gasteiger partial charge on any atom is -0.391 e. The second-order valence-electron chi connectivity index (χ2n) is 16.4. The molecule has 16 nitrogen and oxygen atoms in total. The number of para-hydroxylation sites is 1. The van der Waals surface area contributed by atoms with Crippen LogP contribution in [0.1, 0.15) is 75.7 Å². The van der Waals surface area contributed by atoms with Crippen molar-refractivity contribution in [2.24, 2.45) is 11.8 Å². The van der Waals surface area contributed by atoms with E-state index in [1.165, 1.54) is 24.9 Å². The summed E-state index contributed by atoms with van der Waals surface area (Å²) < 4.78 is 0. The molecule has 3 fully saturated rings. The van der Waals surface area contributed by atoms with Crippen LogP contribution in [0.5, 0.6) is 0 Å². The fourth-order valence-electron chi connectivity index (χ4n) is 8.18. The highest BCUT2D eigenvalue weighted by molar-refractivity contribution is 5.99. The second kappa shape index (κ2) is 18.8. The van der Waals surface area contributed by atoms with Crippen LogP contribution < -0.4 is 31.9 Å². The fraction of sp³-hybridized carbons (Fsp3) is 0.488. The van der Waals surface area contributed by atoms with E-state index in [1.807, 2.05) is 38.1 Å². The molecule has 0 bridgehead atoms. The lowest BCUT2D eigenvalue weighted by Crippen LogP contribution is -2.61. The number of rotatable bonds is 7. The van der Waals surface area contributed by atoms with Crippen molar-refractivity contribution in [3.63, 3.8) is 0 Å². The van der Waals surface area contributed by atoms with E-state index in [4.69, 9.17) is 0 Å². The lowest BCUT2D eigenvalue weighted by Gasteiger charge is -2.31. The summed E-state index contributed by atoms with van der Waals surface area (Å²) in [5.74, 6) is -5.01. The van der Waals surface area contributed by atoms with Gasteiger partial charge in [-0.15, -0.1) is 0 Å². The zero-order valence-corrected chi connectivity index (χ0v) is 33.8. The average molecular weight is 811 g/mol. The number of nitrogens with zero attached hydrogens (tertiary/aromatic N) is 2. The van der Waals surface area contributed by atoms with Crippen LogP contribution in [-0.2, 0) is 35.2 Å². The van der Waals surface area contributed by atoms with E-state index >= 15 is 0 Å². The number of aromatic nitrogens is 1. The first kappa shape index (κ1) is 42.7.